The summed E-state index contributed by atoms with van der Waals surface area (Å²) in [5, 5.41) is 28.7. The van der Waals surface area contributed by atoms with Crippen LogP contribution >= 0.6 is 0 Å². The van der Waals surface area contributed by atoms with Crippen LogP contribution in [0.5, 0.6) is 5.75 Å². The van der Waals surface area contributed by atoms with Crippen molar-refractivity contribution in [2.24, 2.45) is 0 Å². The molecule has 0 spiro atoms. The van der Waals surface area contributed by atoms with Crippen LogP contribution in [-0.2, 0) is 131 Å². The van der Waals surface area contributed by atoms with Crippen molar-refractivity contribution in [1.29, 1.82) is 0 Å². The predicted molar refractivity (Wildman–Crippen MR) is 454 cm³/mol. The van der Waals surface area contributed by atoms with Gasteiger partial charge in [-0.2, -0.15) is 0 Å². The maximum absolute atomic E-state index is 13.4. The Labute approximate surface area is 784 Å². The van der Waals surface area contributed by atoms with Crippen LogP contribution in [0, 0.1) is 68.8 Å². The van der Waals surface area contributed by atoms with Gasteiger partial charge in [-0.05, 0) is 128 Å². The third kappa shape index (κ3) is 38.1. The van der Waals surface area contributed by atoms with E-state index in [1.165, 1.54) is 61.7 Å². The van der Waals surface area contributed by atoms with Gasteiger partial charge in [0.1, 0.15) is 5.75 Å². The van der Waals surface area contributed by atoms with Gasteiger partial charge in [0.15, 0.2) is 11.6 Å². The summed E-state index contributed by atoms with van der Waals surface area (Å²) in [6.45, 7) is 11.7. The van der Waals surface area contributed by atoms with Crippen LogP contribution in [0.4, 0.5) is 8.78 Å². The molecule has 0 aliphatic heterocycles. The summed E-state index contributed by atoms with van der Waals surface area (Å²) in [6, 6.07) is 115. The Hall–Kier alpha value is -10.7. The van der Waals surface area contributed by atoms with Crippen LogP contribution in [0.15, 0.2) is 370 Å². The van der Waals surface area contributed by atoms with Gasteiger partial charge in [-0.1, -0.05) is 182 Å². The number of hydrogen-bond donors (Lipinski definition) is 3. The molecule has 0 saturated carbocycles. The van der Waals surface area contributed by atoms with Gasteiger partial charge in [-0.15, -0.1) is 179 Å². The summed E-state index contributed by atoms with van der Waals surface area (Å²) in [7, 11) is 0. The van der Waals surface area contributed by atoms with E-state index in [1.54, 1.807) is 49.3 Å². The number of carbonyl (C=O) groups excluding carboxylic acids is 2. The molecule has 623 valence electrons. The number of rotatable bonds is 10. The van der Waals surface area contributed by atoms with Gasteiger partial charge in [0, 0.05) is 206 Å². The molecule has 3 N–H and O–H groups in total. The first kappa shape index (κ1) is 105. The van der Waals surface area contributed by atoms with Crippen LogP contribution in [0.1, 0.15) is 44.4 Å². The van der Waals surface area contributed by atoms with E-state index in [9.17, 15) is 23.5 Å². The minimum Gasteiger partial charge on any atom is -0.512 e. The van der Waals surface area contributed by atoms with Gasteiger partial charge in [0.25, 0.3) is 0 Å². The number of aromatic nitrogens is 7. The Morgan fingerprint density at radius 3 is 1.23 bits per heavy atom. The number of pyridine rings is 7. The van der Waals surface area contributed by atoms with E-state index in [1.807, 2.05) is 268 Å². The van der Waals surface area contributed by atoms with Crippen molar-refractivity contribution in [2.75, 3.05) is 0 Å². The van der Waals surface area contributed by atoms with Crippen LogP contribution in [-0.4, -0.2) is 61.8 Å². The topological polar surface area (TPSA) is 185 Å². The minimum atomic E-state index is -0.645. The second kappa shape index (κ2) is 59.1. The number of aliphatic hydroxyl groups is 2. The second-order valence-electron chi connectivity index (χ2n) is 25.0. The summed E-state index contributed by atoms with van der Waals surface area (Å²) in [5.74, 6) is -1.08. The van der Waals surface area contributed by atoms with Crippen LogP contribution in [0.3, 0.4) is 0 Å². The summed E-state index contributed by atoms with van der Waals surface area (Å²) in [6.07, 6.45) is 14.7. The van der Waals surface area contributed by atoms with Crippen molar-refractivity contribution in [2.45, 2.75) is 48.5 Å². The molecule has 5 radical (unpaired) electrons. The van der Waals surface area contributed by atoms with E-state index in [0.29, 0.717) is 11.4 Å². The number of para-hydroxylation sites is 1. The Balaban J connectivity index is 0.000000460. The molecule has 0 unspecified atom stereocenters. The predicted octanol–water partition coefficient (Wildman–Crippen LogP) is 23.8. The molecule has 0 fully saturated rings. The fourth-order valence-electron chi connectivity index (χ4n) is 10.4. The van der Waals surface area contributed by atoms with Crippen molar-refractivity contribution in [3.63, 3.8) is 0 Å². The van der Waals surface area contributed by atoms with Crippen LogP contribution in [0.25, 0.3) is 101 Å². The Kier molecular flexibility index (Phi) is 51.9. The number of nitrogens with zero attached hydrogens (tertiary/aromatic N) is 7. The van der Waals surface area contributed by atoms with Crippen molar-refractivity contribution in [3.8, 4) is 95.7 Å². The van der Waals surface area contributed by atoms with E-state index < -0.39 is 11.6 Å². The molecule has 0 amide bonds. The average molecular weight is 2660 g/mol. The van der Waals surface area contributed by atoms with Crippen molar-refractivity contribution < 1.29 is 155 Å². The molecule has 16 rings (SSSR count). The fraction of sp³-hybridized carbons (Fsp3) is 0.0700. The zero-order valence-corrected chi connectivity index (χ0v) is 80.3. The normalized spacial score (nSPS) is 9.74. The SMILES string of the molecule is CC(=O)C=C(C)O.CC(=O)C=C(C)O.Cc1c[c-]c(-c2ccccn2)cc1.Cc1cc[c-]c(-c2ccccn2)c1.Cc1ccnc(-c2[c-]cc(F)cc2F)c1.Oc1ccccc1-c1ccccc1.[Ir].[Ir].[Ir].[Ir].[Ir].[Pt].[c-]1c(-c2ccccn2)cccc1-c1ccccn1.[c-]1ccccc1-c1ccccn1.[c-]1ccccc1-c1nccc2ccccc12. The monoisotopic (exact) mass is 2660 g/mol. The molecule has 7 aromatic heterocycles. The van der Waals surface area contributed by atoms with E-state index in [2.05, 4.69) is 109 Å². The zero-order valence-electron chi connectivity index (χ0n) is 66.1. The Morgan fingerprint density at radius 2 is 0.783 bits per heavy atom. The number of ketones is 2. The largest absolute Gasteiger partial charge is 0.512 e. The zero-order chi connectivity index (χ0) is 81.1. The summed E-state index contributed by atoms with van der Waals surface area (Å²) in [5.41, 5.74) is 17.9. The smallest absolute Gasteiger partial charge is 0.155 e. The maximum Gasteiger partial charge on any atom is 0.155 e. The Morgan fingerprint density at radius 1 is 0.350 bits per heavy atom. The molecule has 0 bridgehead atoms. The van der Waals surface area contributed by atoms with Gasteiger partial charge in [-0.25, -0.2) is 0 Å². The number of carbonyl (C=O) groups is 2. The van der Waals surface area contributed by atoms with Crippen molar-refractivity contribution in [1.82, 2.24) is 34.9 Å². The number of benzene rings is 9. The van der Waals surface area contributed by atoms with Crippen molar-refractivity contribution in [3.05, 3.63) is 435 Å². The number of allylic oxidation sites excluding steroid dienone is 4. The molecular weight excluding hydrogens is 2570 g/mol. The van der Waals surface area contributed by atoms with E-state index in [0.717, 1.165) is 96.4 Å². The summed E-state index contributed by atoms with van der Waals surface area (Å²) < 4.78 is 26.0. The molecule has 0 saturated heterocycles. The van der Waals surface area contributed by atoms with Gasteiger partial charge < -0.3 is 40.2 Å². The van der Waals surface area contributed by atoms with Gasteiger partial charge in [-0.3, -0.25) is 28.3 Å². The third-order valence-electron chi connectivity index (χ3n) is 15.6. The van der Waals surface area contributed by atoms with E-state index in [-0.39, 0.29) is 150 Å². The van der Waals surface area contributed by atoms with Crippen molar-refractivity contribution >= 4 is 22.3 Å². The molecular formula is C100H83F2Ir5N7O5Pt-6. The standard InChI is InChI=1S/C16H11N2.C15H10N.C12H8F2N.2C12H10N.C12H10O.C11H8N.2C5H8O2.5Ir.Pt/c1-3-10-17-15(8-1)13-6-5-7-14(12-13)16-9-2-4-11-18-16;1-2-7-13(8-3-1)15-14-9-5-4-6-12(14)10-11-16-15;1-8-4-5-15-12(6-8)10-3-2-9(13)7-11(10)14;1-10-5-4-6-11(9-10)12-7-2-3-8-13-12;1-10-5-7-11(8-6-10)12-4-2-3-9-13-12;13-12-9-5-4-8-11(12)10-6-2-1-3-7-10;1-2-6-10(7-3-1)11-8-4-5-9-12-11;2*1-4(6)3-5(2)7;;;;;;/h1-11H;1-7,9-11H;2,4-7H,1H3;2-5,7-9H,1H3;2-7,9H,1H3;1-9,13H;1-6,8-9H;2*3,6H,1-2H3;;;;;;/q5*-1;;-1;;;;;;;;. The summed E-state index contributed by atoms with van der Waals surface area (Å²) in [4.78, 5) is 49.9. The third-order valence-corrected chi connectivity index (χ3v) is 15.6. The molecule has 9 aromatic carbocycles. The number of aliphatic hydroxyl groups excluding tert-OH is 2. The first-order chi connectivity index (χ1) is 55.4. The molecule has 20 heteroatoms. The number of aromatic hydroxyl groups is 1. The Bertz CT molecular complexity index is 5510. The number of phenolic OH excluding ortho intramolecular Hbond substituents is 1. The second-order valence-corrected chi connectivity index (χ2v) is 25.0. The number of phenols is 1. The molecule has 0 atom stereocenters. The summed E-state index contributed by atoms with van der Waals surface area (Å²) >= 11 is 0. The molecule has 16 aromatic rings. The van der Waals surface area contributed by atoms with Crippen LogP contribution < -0.4 is 0 Å². The first-order valence-corrected chi connectivity index (χ1v) is 36.1. The molecule has 7 heterocycles. The van der Waals surface area contributed by atoms with Gasteiger partial charge >= 0.3 is 0 Å². The number of aryl methyl sites for hydroxylation is 3. The average Bonchev–Trinajstić information content (AvgIpc) is 0.807. The quantitative estimate of drug-likeness (QED) is 0.0670. The number of hydrogen-bond acceptors (Lipinski definition) is 12. The van der Waals surface area contributed by atoms with E-state index in [4.69, 9.17) is 10.2 Å². The minimum absolute atomic E-state index is 0. The van der Waals surface area contributed by atoms with Gasteiger partial charge in [0.2, 0.25) is 0 Å². The number of fused-ring (bicyclic) bond motifs is 1. The maximum atomic E-state index is 13.4. The van der Waals surface area contributed by atoms with Gasteiger partial charge in [0.05, 0.1) is 11.5 Å². The van der Waals surface area contributed by atoms with E-state index >= 15 is 0 Å². The van der Waals surface area contributed by atoms with Crippen LogP contribution in [0.2, 0.25) is 0 Å². The molecule has 0 aliphatic rings. The molecule has 12 nitrogen and oxygen atoms in total. The fourth-order valence-corrected chi connectivity index (χ4v) is 10.4. The molecule has 0 aliphatic carbocycles. The molecule has 120 heavy (non-hydrogen) atoms. The number of halogens is 2. The first-order valence-electron chi connectivity index (χ1n) is 36.1.